The van der Waals surface area contributed by atoms with Gasteiger partial charge in [0, 0.05) is 13.0 Å². The Hall–Kier alpha value is -4.65. The Morgan fingerprint density at radius 3 is 1.93 bits per heavy atom. The van der Waals surface area contributed by atoms with Crippen LogP contribution in [0.1, 0.15) is 30.4 Å². The molecule has 0 spiro atoms. The standard InChI is InChI=1S/C27H32N4O9/c28-19(12-15-3-7-17(32)8-4-15)24(36)29-20(14-23(34)35)26(38)31-11-1-2-22(31)25(37)30-21(27(39)40)13-16-5-9-18(33)10-6-16/h3-10,19-22,32-33H,1-2,11-14,28H2,(H,29,36)(H,30,37)(H,34,35)(H,39,40). The van der Waals surface area contributed by atoms with Gasteiger partial charge in [0.05, 0.1) is 12.5 Å². The summed E-state index contributed by atoms with van der Waals surface area (Å²) in [4.78, 5) is 63.6. The van der Waals surface area contributed by atoms with Crippen molar-refractivity contribution < 1.29 is 44.4 Å². The van der Waals surface area contributed by atoms with Crippen LogP contribution in [0, 0.1) is 0 Å². The second-order valence-electron chi connectivity index (χ2n) is 9.60. The van der Waals surface area contributed by atoms with Gasteiger partial charge in [0.2, 0.25) is 17.7 Å². The molecule has 1 heterocycles. The molecule has 13 nitrogen and oxygen atoms in total. The number of aromatic hydroxyl groups is 2. The van der Waals surface area contributed by atoms with Gasteiger partial charge in [0.15, 0.2) is 0 Å². The van der Waals surface area contributed by atoms with Gasteiger partial charge in [-0.1, -0.05) is 24.3 Å². The van der Waals surface area contributed by atoms with Crippen LogP contribution in [0.2, 0.25) is 0 Å². The van der Waals surface area contributed by atoms with Crippen molar-refractivity contribution in [1.29, 1.82) is 0 Å². The summed E-state index contributed by atoms with van der Waals surface area (Å²) in [6.07, 6.45) is -0.129. The van der Waals surface area contributed by atoms with Crippen molar-refractivity contribution in [3.05, 3.63) is 59.7 Å². The van der Waals surface area contributed by atoms with Gasteiger partial charge < -0.3 is 41.7 Å². The van der Waals surface area contributed by atoms with E-state index in [1.807, 2.05) is 0 Å². The molecule has 0 radical (unpaired) electrons. The van der Waals surface area contributed by atoms with Gasteiger partial charge in [0.1, 0.15) is 29.6 Å². The van der Waals surface area contributed by atoms with E-state index < -0.39 is 60.2 Å². The number of nitrogens with two attached hydrogens (primary N) is 1. The van der Waals surface area contributed by atoms with Gasteiger partial charge in [-0.25, -0.2) is 4.79 Å². The molecule has 40 heavy (non-hydrogen) atoms. The van der Waals surface area contributed by atoms with Crippen LogP contribution in [-0.2, 0) is 36.8 Å². The highest BCUT2D eigenvalue weighted by Gasteiger charge is 2.39. The van der Waals surface area contributed by atoms with E-state index >= 15 is 0 Å². The first-order valence-corrected chi connectivity index (χ1v) is 12.6. The number of likely N-dealkylation sites (tertiary alicyclic amines) is 1. The fraction of sp³-hybridized carbons (Fsp3) is 0.370. The average molecular weight is 557 g/mol. The number of nitrogens with zero attached hydrogens (tertiary/aromatic N) is 1. The molecule has 1 aliphatic heterocycles. The van der Waals surface area contributed by atoms with Crippen LogP contribution in [0.4, 0.5) is 0 Å². The lowest BCUT2D eigenvalue weighted by molar-refractivity contribution is -0.147. The van der Waals surface area contributed by atoms with E-state index in [4.69, 9.17) is 5.73 Å². The summed E-state index contributed by atoms with van der Waals surface area (Å²) in [5.41, 5.74) is 7.16. The van der Waals surface area contributed by atoms with Crippen LogP contribution < -0.4 is 16.4 Å². The minimum Gasteiger partial charge on any atom is -0.508 e. The predicted octanol–water partition coefficient (Wildman–Crippen LogP) is -0.270. The number of carbonyl (C=O) groups excluding carboxylic acids is 3. The average Bonchev–Trinajstić information content (AvgIpc) is 3.40. The maximum atomic E-state index is 13.4. The topological polar surface area (TPSA) is 220 Å². The maximum absolute atomic E-state index is 13.4. The summed E-state index contributed by atoms with van der Waals surface area (Å²) < 4.78 is 0. The fourth-order valence-corrected chi connectivity index (χ4v) is 4.47. The highest BCUT2D eigenvalue weighted by molar-refractivity contribution is 5.96. The van der Waals surface area contributed by atoms with Gasteiger partial charge >= 0.3 is 11.9 Å². The van der Waals surface area contributed by atoms with Crippen LogP contribution in [0.25, 0.3) is 0 Å². The quantitative estimate of drug-likeness (QED) is 0.181. The summed E-state index contributed by atoms with van der Waals surface area (Å²) in [5, 5.41) is 42.6. The molecule has 1 fully saturated rings. The lowest BCUT2D eigenvalue weighted by Crippen LogP contribution is -2.57. The van der Waals surface area contributed by atoms with E-state index in [9.17, 15) is 44.4 Å². The summed E-state index contributed by atoms with van der Waals surface area (Å²) in [6.45, 7) is 0.109. The number of hydrogen-bond acceptors (Lipinski definition) is 8. The van der Waals surface area contributed by atoms with E-state index in [1.54, 1.807) is 12.1 Å². The SMILES string of the molecule is NC(Cc1ccc(O)cc1)C(=O)NC(CC(=O)O)C(=O)N1CCCC1C(=O)NC(Cc1ccc(O)cc1)C(=O)O. The fourth-order valence-electron chi connectivity index (χ4n) is 4.47. The van der Waals surface area contributed by atoms with Crippen molar-refractivity contribution in [3.63, 3.8) is 0 Å². The summed E-state index contributed by atoms with van der Waals surface area (Å²) in [6, 6.07) is 6.81. The molecule has 8 N–H and O–H groups in total. The second-order valence-corrected chi connectivity index (χ2v) is 9.60. The van der Waals surface area contributed by atoms with Gasteiger partial charge in [-0.2, -0.15) is 0 Å². The van der Waals surface area contributed by atoms with Gasteiger partial charge in [0.25, 0.3) is 0 Å². The van der Waals surface area contributed by atoms with E-state index in [0.29, 0.717) is 17.5 Å². The number of phenolic OH excluding ortho intramolecular Hbond substituents is 2. The first-order valence-electron chi connectivity index (χ1n) is 12.6. The van der Waals surface area contributed by atoms with Crippen molar-refractivity contribution in [2.75, 3.05) is 6.54 Å². The van der Waals surface area contributed by atoms with E-state index in [-0.39, 0.29) is 37.3 Å². The molecule has 2 aromatic rings. The third-order valence-electron chi connectivity index (χ3n) is 6.55. The Kier molecular flexibility index (Phi) is 10.0. The predicted molar refractivity (Wildman–Crippen MR) is 140 cm³/mol. The van der Waals surface area contributed by atoms with Crippen molar-refractivity contribution in [2.24, 2.45) is 5.73 Å². The first kappa shape index (κ1) is 29.9. The molecule has 4 unspecified atom stereocenters. The Labute approximate surface area is 229 Å². The Balaban J connectivity index is 1.68. The summed E-state index contributed by atoms with van der Waals surface area (Å²) in [7, 11) is 0. The Bertz CT molecular complexity index is 1230. The van der Waals surface area contributed by atoms with Crippen LogP contribution in [0.3, 0.4) is 0 Å². The number of benzene rings is 2. The van der Waals surface area contributed by atoms with Crippen molar-refractivity contribution in [1.82, 2.24) is 15.5 Å². The maximum Gasteiger partial charge on any atom is 0.326 e. The molecule has 13 heteroatoms. The number of amides is 3. The molecular formula is C27H32N4O9. The third kappa shape index (κ3) is 8.17. The molecule has 214 valence electrons. The molecule has 3 rings (SSSR count). The number of carboxylic acids is 2. The van der Waals surface area contributed by atoms with Crippen LogP contribution in [0.15, 0.2) is 48.5 Å². The van der Waals surface area contributed by atoms with Crippen LogP contribution in [0.5, 0.6) is 11.5 Å². The minimum absolute atomic E-state index is 0.00378. The molecule has 0 aromatic heterocycles. The molecule has 1 aliphatic rings. The number of nitrogens with one attached hydrogen (secondary N) is 2. The minimum atomic E-state index is -1.50. The number of carbonyl (C=O) groups is 5. The van der Waals surface area contributed by atoms with Gasteiger partial charge in [-0.3, -0.25) is 19.2 Å². The van der Waals surface area contributed by atoms with Crippen LogP contribution in [-0.4, -0.2) is 85.7 Å². The third-order valence-corrected chi connectivity index (χ3v) is 6.55. The summed E-state index contributed by atoms with van der Waals surface area (Å²) in [5.74, 6) is -4.90. The Morgan fingerprint density at radius 2 is 1.40 bits per heavy atom. The largest absolute Gasteiger partial charge is 0.508 e. The number of rotatable bonds is 12. The second kappa shape index (κ2) is 13.4. The van der Waals surface area contributed by atoms with Gasteiger partial charge in [-0.05, 0) is 54.7 Å². The zero-order valence-corrected chi connectivity index (χ0v) is 21.5. The van der Waals surface area contributed by atoms with Crippen molar-refractivity contribution in [2.45, 2.75) is 56.3 Å². The van der Waals surface area contributed by atoms with E-state index in [2.05, 4.69) is 10.6 Å². The highest BCUT2D eigenvalue weighted by atomic mass is 16.4. The number of carboxylic acid groups (broad SMARTS) is 2. The zero-order chi connectivity index (χ0) is 29.4. The highest BCUT2D eigenvalue weighted by Crippen LogP contribution is 2.20. The lowest BCUT2D eigenvalue weighted by atomic mass is 10.0. The molecule has 0 saturated carbocycles. The Morgan fingerprint density at radius 1 is 0.850 bits per heavy atom. The molecule has 0 bridgehead atoms. The number of phenols is 2. The number of hydrogen-bond donors (Lipinski definition) is 7. The zero-order valence-electron chi connectivity index (χ0n) is 21.5. The van der Waals surface area contributed by atoms with Crippen molar-refractivity contribution in [3.8, 4) is 11.5 Å². The summed E-state index contributed by atoms with van der Waals surface area (Å²) >= 11 is 0. The molecule has 1 saturated heterocycles. The molecule has 4 atom stereocenters. The molecule has 3 amide bonds. The van der Waals surface area contributed by atoms with Gasteiger partial charge in [-0.15, -0.1) is 0 Å². The first-order chi connectivity index (χ1) is 18.9. The smallest absolute Gasteiger partial charge is 0.326 e. The molecule has 2 aromatic carbocycles. The molecule has 0 aliphatic carbocycles. The monoisotopic (exact) mass is 556 g/mol. The number of aliphatic carboxylic acids is 2. The normalized spacial score (nSPS) is 16.9. The van der Waals surface area contributed by atoms with E-state index in [1.165, 1.54) is 36.4 Å². The van der Waals surface area contributed by atoms with Crippen molar-refractivity contribution >= 4 is 29.7 Å². The van der Waals surface area contributed by atoms with Crippen LogP contribution >= 0.6 is 0 Å². The lowest BCUT2D eigenvalue weighted by Gasteiger charge is -2.29. The van der Waals surface area contributed by atoms with E-state index in [0.717, 1.165) is 4.90 Å². The molecular weight excluding hydrogens is 524 g/mol.